The first-order valence-electron chi connectivity index (χ1n) is 5.93. The van der Waals surface area contributed by atoms with Crippen LogP contribution in [0.15, 0.2) is 28.7 Å². The van der Waals surface area contributed by atoms with E-state index in [4.69, 9.17) is 12.2 Å². The van der Waals surface area contributed by atoms with Gasteiger partial charge < -0.3 is 10.6 Å². The maximum Gasteiger partial charge on any atom is 0.166 e. The monoisotopic (exact) mass is 314 g/mol. The van der Waals surface area contributed by atoms with Crippen molar-refractivity contribution in [3.63, 3.8) is 0 Å². The molecule has 1 rings (SSSR count). The minimum Gasteiger partial charge on any atom is -0.363 e. The highest BCUT2D eigenvalue weighted by atomic mass is 79.9. The predicted octanol–water partition coefficient (Wildman–Crippen LogP) is 3.77. The molecule has 0 saturated carbocycles. The van der Waals surface area contributed by atoms with E-state index in [-0.39, 0.29) is 6.04 Å². The van der Waals surface area contributed by atoms with Crippen molar-refractivity contribution < 1.29 is 0 Å². The van der Waals surface area contributed by atoms with Crippen molar-refractivity contribution in [1.82, 2.24) is 10.6 Å². The van der Waals surface area contributed by atoms with Gasteiger partial charge in [0.15, 0.2) is 5.11 Å². The smallest absolute Gasteiger partial charge is 0.166 e. The summed E-state index contributed by atoms with van der Waals surface area (Å²) >= 11 is 8.71. The van der Waals surface area contributed by atoms with Gasteiger partial charge in [0.05, 0.1) is 6.04 Å². The van der Waals surface area contributed by atoms with Crippen LogP contribution in [0.3, 0.4) is 0 Å². The fraction of sp³-hybridized carbons (Fsp3) is 0.462. The zero-order valence-electron chi connectivity index (χ0n) is 10.3. The van der Waals surface area contributed by atoms with Gasteiger partial charge in [-0.3, -0.25) is 0 Å². The van der Waals surface area contributed by atoms with Gasteiger partial charge in [-0.2, -0.15) is 0 Å². The molecule has 1 aromatic carbocycles. The average Bonchev–Trinajstić information content (AvgIpc) is 2.29. The second kappa shape index (κ2) is 7.67. The lowest BCUT2D eigenvalue weighted by Gasteiger charge is -2.17. The largest absolute Gasteiger partial charge is 0.363 e. The van der Waals surface area contributed by atoms with E-state index in [1.807, 2.05) is 12.1 Å². The van der Waals surface area contributed by atoms with E-state index in [0.29, 0.717) is 0 Å². The van der Waals surface area contributed by atoms with Gasteiger partial charge in [-0.05, 0) is 43.3 Å². The number of hydrogen-bond donors (Lipinski definition) is 2. The Bertz CT molecular complexity index is 368. The van der Waals surface area contributed by atoms with Gasteiger partial charge in [-0.1, -0.05) is 41.4 Å². The number of rotatable bonds is 5. The van der Waals surface area contributed by atoms with Crippen molar-refractivity contribution in [3.05, 3.63) is 34.3 Å². The van der Waals surface area contributed by atoms with Gasteiger partial charge in [0, 0.05) is 11.0 Å². The standard InChI is InChI=1S/C13H19BrN2S/c1-3-4-8-15-13(17)16-10(2)11-6-5-7-12(14)9-11/h5-7,9-10H,3-4,8H2,1-2H3,(H2,15,16,17). The van der Waals surface area contributed by atoms with E-state index >= 15 is 0 Å². The number of nitrogens with one attached hydrogen (secondary N) is 2. The summed E-state index contributed by atoms with van der Waals surface area (Å²) in [6, 6.07) is 8.47. The molecule has 1 unspecified atom stereocenters. The van der Waals surface area contributed by atoms with Crippen molar-refractivity contribution in [3.8, 4) is 0 Å². The molecule has 2 N–H and O–H groups in total. The first-order chi connectivity index (χ1) is 8.13. The molecule has 17 heavy (non-hydrogen) atoms. The summed E-state index contributed by atoms with van der Waals surface area (Å²) < 4.78 is 1.09. The molecular formula is C13H19BrN2S. The minimum atomic E-state index is 0.217. The molecule has 0 aliphatic heterocycles. The van der Waals surface area contributed by atoms with Gasteiger partial charge in [-0.15, -0.1) is 0 Å². The van der Waals surface area contributed by atoms with Crippen LogP contribution >= 0.6 is 28.1 Å². The Labute approximate surface area is 117 Å². The summed E-state index contributed by atoms with van der Waals surface area (Å²) in [5, 5.41) is 7.22. The Morgan fingerprint density at radius 2 is 2.24 bits per heavy atom. The highest BCUT2D eigenvalue weighted by Gasteiger charge is 2.06. The lowest BCUT2D eigenvalue weighted by molar-refractivity contribution is 0.682. The van der Waals surface area contributed by atoms with E-state index in [9.17, 15) is 0 Å². The quantitative estimate of drug-likeness (QED) is 0.639. The molecular weight excluding hydrogens is 296 g/mol. The third-order valence-corrected chi connectivity index (χ3v) is 3.27. The van der Waals surface area contributed by atoms with Crippen molar-refractivity contribution >= 4 is 33.3 Å². The second-order valence-electron chi connectivity index (χ2n) is 4.03. The minimum absolute atomic E-state index is 0.217. The van der Waals surface area contributed by atoms with Crippen LogP contribution < -0.4 is 10.6 Å². The van der Waals surface area contributed by atoms with Crippen LogP contribution in [0.25, 0.3) is 0 Å². The number of thiocarbonyl (C=S) groups is 1. The average molecular weight is 315 g/mol. The van der Waals surface area contributed by atoms with Gasteiger partial charge in [0.1, 0.15) is 0 Å². The molecule has 0 spiro atoms. The molecule has 2 nitrogen and oxygen atoms in total. The predicted molar refractivity (Wildman–Crippen MR) is 81.2 cm³/mol. The molecule has 0 bridgehead atoms. The fourth-order valence-corrected chi connectivity index (χ4v) is 2.18. The first kappa shape index (κ1) is 14.5. The van der Waals surface area contributed by atoms with E-state index in [1.165, 1.54) is 12.0 Å². The number of benzene rings is 1. The highest BCUT2D eigenvalue weighted by molar-refractivity contribution is 9.10. The summed E-state index contributed by atoms with van der Waals surface area (Å²) in [7, 11) is 0. The molecule has 0 aliphatic rings. The maximum atomic E-state index is 5.24. The molecule has 0 fully saturated rings. The fourth-order valence-electron chi connectivity index (χ4n) is 1.49. The van der Waals surface area contributed by atoms with Crippen LogP contribution in [0.2, 0.25) is 0 Å². The van der Waals surface area contributed by atoms with Crippen molar-refractivity contribution in [2.24, 2.45) is 0 Å². The Hall–Kier alpha value is -0.610. The van der Waals surface area contributed by atoms with E-state index in [0.717, 1.165) is 22.6 Å². The van der Waals surface area contributed by atoms with Crippen molar-refractivity contribution in [1.29, 1.82) is 0 Å². The molecule has 1 atom stereocenters. The van der Waals surface area contributed by atoms with Crippen LogP contribution in [-0.4, -0.2) is 11.7 Å². The summed E-state index contributed by atoms with van der Waals surface area (Å²) in [5.41, 5.74) is 1.22. The molecule has 0 radical (unpaired) electrons. The number of halogens is 1. The molecule has 0 aliphatic carbocycles. The van der Waals surface area contributed by atoms with Crippen LogP contribution in [0.4, 0.5) is 0 Å². The van der Waals surface area contributed by atoms with Gasteiger partial charge in [0.25, 0.3) is 0 Å². The molecule has 94 valence electrons. The Morgan fingerprint density at radius 1 is 1.47 bits per heavy atom. The Morgan fingerprint density at radius 3 is 2.88 bits per heavy atom. The second-order valence-corrected chi connectivity index (χ2v) is 5.35. The van der Waals surface area contributed by atoms with Crippen LogP contribution in [0.1, 0.15) is 38.3 Å². The lowest BCUT2D eigenvalue weighted by Crippen LogP contribution is -2.37. The zero-order valence-corrected chi connectivity index (χ0v) is 12.7. The van der Waals surface area contributed by atoms with E-state index < -0.39 is 0 Å². The molecule has 0 heterocycles. The lowest BCUT2D eigenvalue weighted by atomic mass is 10.1. The molecule has 1 aromatic rings. The van der Waals surface area contributed by atoms with Gasteiger partial charge >= 0.3 is 0 Å². The molecule has 0 saturated heterocycles. The van der Waals surface area contributed by atoms with E-state index in [2.05, 4.69) is 52.5 Å². The van der Waals surface area contributed by atoms with Crippen LogP contribution in [-0.2, 0) is 0 Å². The summed E-state index contributed by atoms with van der Waals surface area (Å²) in [6.45, 7) is 5.21. The molecule has 4 heteroatoms. The molecule has 0 aromatic heterocycles. The Kier molecular flexibility index (Phi) is 6.52. The van der Waals surface area contributed by atoms with E-state index in [1.54, 1.807) is 0 Å². The zero-order chi connectivity index (χ0) is 12.7. The third kappa shape index (κ3) is 5.50. The SMILES string of the molecule is CCCCNC(=S)NC(C)c1cccc(Br)c1. The third-order valence-electron chi connectivity index (χ3n) is 2.51. The van der Waals surface area contributed by atoms with Crippen molar-refractivity contribution in [2.75, 3.05) is 6.54 Å². The summed E-state index contributed by atoms with van der Waals surface area (Å²) in [6.07, 6.45) is 2.32. The Balaban J connectivity index is 2.43. The highest BCUT2D eigenvalue weighted by Crippen LogP contribution is 2.17. The van der Waals surface area contributed by atoms with Crippen LogP contribution in [0.5, 0.6) is 0 Å². The maximum absolute atomic E-state index is 5.24. The topological polar surface area (TPSA) is 24.1 Å². The number of unbranched alkanes of at least 4 members (excludes halogenated alkanes) is 1. The van der Waals surface area contributed by atoms with Crippen LogP contribution in [0, 0.1) is 0 Å². The summed E-state index contributed by atoms with van der Waals surface area (Å²) in [5.74, 6) is 0. The number of hydrogen-bond acceptors (Lipinski definition) is 1. The normalized spacial score (nSPS) is 11.9. The van der Waals surface area contributed by atoms with Gasteiger partial charge in [-0.25, -0.2) is 0 Å². The van der Waals surface area contributed by atoms with Gasteiger partial charge in [0.2, 0.25) is 0 Å². The summed E-state index contributed by atoms with van der Waals surface area (Å²) in [4.78, 5) is 0. The first-order valence-corrected chi connectivity index (χ1v) is 7.13. The molecule has 0 amide bonds. The van der Waals surface area contributed by atoms with Crippen molar-refractivity contribution in [2.45, 2.75) is 32.7 Å².